The monoisotopic (exact) mass is 248 g/mol. The van der Waals surface area contributed by atoms with E-state index in [0.29, 0.717) is 0 Å². The molecule has 2 aliphatic rings. The van der Waals surface area contributed by atoms with Gasteiger partial charge >= 0.3 is 0 Å². The van der Waals surface area contributed by atoms with Crippen LogP contribution in [0, 0.1) is 24.7 Å². The number of rotatable bonds is 2. The average Bonchev–Trinajstić information content (AvgIpc) is 3.02. The van der Waals surface area contributed by atoms with Crippen molar-refractivity contribution >= 4 is 10.8 Å². The third-order valence-corrected chi connectivity index (χ3v) is 5.03. The molecule has 2 aromatic rings. The van der Waals surface area contributed by atoms with Crippen molar-refractivity contribution in [3.8, 4) is 0 Å². The maximum Gasteiger partial charge on any atom is -0.0149 e. The SMILES string of the molecule is Cc1ccc2cccc(CC3CC4C=CC3C4)c2c1. The molecule has 0 radical (unpaired) electrons. The lowest BCUT2D eigenvalue weighted by Crippen LogP contribution is -2.10. The third-order valence-electron chi connectivity index (χ3n) is 5.03. The van der Waals surface area contributed by atoms with Crippen molar-refractivity contribution in [2.24, 2.45) is 17.8 Å². The Labute approximate surface area is 115 Å². The number of hydrogen-bond donors (Lipinski definition) is 0. The third kappa shape index (κ3) is 1.90. The fraction of sp³-hybridized carbons (Fsp3) is 0.368. The lowest BCUT2D eigenvalue weighted by molar-refractivity contribution is 0.447. The van der Waals surface area contributed by atoms with E-state index in [1.54, 1.807) is 5.56 Å². The van der Waals surface area contributed by atoms with Crippen molar-refractivity contribution in [2.75, 3.05) is 0 Å². The molecular formula is C19H20. The summed E-state index contributed by atoms with van der Waals surface area (Å²) in [5.74, 6) is 2.61. The van der Waals surface area contributed by atoms with Gasteiger partial charge in [-0.2, -0.15) is 0 Å². The second kappa shape index (κ2) is 4.23. The Morgan fingerprint density at radius 3 is 2.79 bits per heavy atom. The molecule has 2 aliphatic carbocycles. The van der Waals surface area contributed by atoms with Crippen LogP contribution in [0.3, 0.4) is 0 Å². The summed E-state index contributed by atoms with van der Waals surface area (Å²) in [6.07, 6.45) is 8.98. The number of allylic oxidation sites excluding steroid dienone is 2. The van der Waals surface area contributed by atoms with Crippen LogP contribution in [-0.2, 0) is 6.42 Å². The van der Waals surface area contributed by atoms with Gasteiger partial charge in [0.15, 0.2) is 0 Å². The molecule has 0 heteroatoms. The minimum absolute atomic E-state index is 0.852. The molecule has 0 aromatic heterocycles. The Bertz CT molecular complexity index is 650. The topological polar surface area (TPSA) is 0 Å². The number of benzene rings is 2. The molecule has 0 nitrogen and oxygen atoms in total. The number of hydrogen-bond acceptors (Lipinski definition) is 0. The van der Waals surface area contributed by atoms with Gasteiger partial charge < -0.3 is 0 Å². The van der Waals surface area contributed by atoms with Gasteiger partial charge in [-0.1, -0.05) is 54.1 Å². The summed E-state index contributed by atoms with van der Waals surface area (Å²) in [5.41, 5.74) is 2.92. The molecule has 0 N–H and O–H groups in total. The van der Waals surface area contributed by atoms with Crippen LogP contribution < -0.4 is 0 Å². The van der Waals surface area contributed by atoms with Gasteiger partial charge in [0.05, 0.1) is 0 Å². The van der Waals surface area contributed by atoms with Crippen molar-refractivity contribution in [1.82, 2.24) is 0 Å². The Morgan fingerprint density at radius 2 is 2.00 bits per heavy atom. The molecule has 0 spiro atoms. The molecule has 3 unspecified atom stereocenters. The molecule has 1 fully saturated rings. The van der Waals surface area contributed by atoms with E-state index in [4.69, 9.17) is 0 Å². The first-order valence-corrected chi connectivity index (χ1v) is 7.46. The molecule has 3 atom stereocenters. The average molecular weight is 248 g/mol. The zero-order valence-electron chi connectivity index (χ0n) is 11.5. The molecule has 19 heavy (non-hydrogen) atoms. The lowest BCUT2D eigenvalue weighted by Gasteiger charge is -2.19. The summed E-state index contributed by atoms with van der Waals surface area (Å²) in [5, 5.41) is 2.86. The fourth-order valence-electron chi connectivity index (χ4n) is 4.04. The van der Waals surface area contributed by atoms with Gasteiger partial charge in [-0.15, -0.1) is 0 Å². The highest BCUT2D eigenvalue weighted by molar-refractivity contribution is 5.86. The molecule has 0 heterocycles. The van der Waals surface area contributed by atoms with Crippen LogP contribution in [0.5, 0.6) is 0 Å². The van der Waals surface area contributed by atoms with Crippen LogP contribution >= 0.6 is 0 Å². The minimum atomic E-state index is 0.852. The predicted octanol–water partition coefficient (Wildman–Crippen LogP) is 4.90. The van der Waals surface area contributed by atoms with E-state index < -0.39 is 0 Å². The van der Waals surface area contributed by atoms with E-state index in [2.05, 4.69) is 55.5 Å². The second-order valence-electron chi connectivity index (χ2n) is 6.39. The van der Waals surface area contributed by atoms with Crippen LogP contribution in [0.15, 0.2) is 48.6 Å². The molecular weight excluding hydrogens is 228 g/mol. The summed E-state index contributed by atoms with van der Waals surface area (Å²) >= 11 is 0. The van der Waals surface area contributed by atoms with Gasteiger partial charge in [-0.05, 0) is 60.3 Å². The lowest BCUT2D eigenvalue weighted by atomic mass is 9.86. The van der Waals surface area contributed by atoms with E-state index in [1.165, 1.54) is 35.6 Å². The Hall–Kier alpha value is -1.56. The van der Waals surface area contributed by atoms with E-state index in [9.17, 15) is 0 Å². The maximum atomic E-state index is 2.47. The second-order valence-corrected chi connectivity index (χ2v) is 6.39. The molecule has 4 rings (SSSR count). The van der Waals surface area contributed by atoms with Crippen molar-refractivity contribution in [1.29, 1.82) is 0 Å². The summed E-state index contributed by atoms with van der Waals surface area (Å²) in [4.78, 5) is 0. The first kappa shape index (κ1) is 11.3. The Morgan fingerprint density at radius 1 is 1.05 bits per heavy atom. The van der Waals surface area contributed by atoms with E-state index in [-0.39, 0.29) is 0 Å². The molecule has 96 valence electrons. The van der Waals surface area contributed by atoms with Crippen molar-refractivity contribution in [2.45, 2.75) is 26.2 Å². The van der Waals surface area contributed by atoms with Gasteiger partial charge in [0, 0.05) is 0 Å². The minimum Gasteiger partial charge on any atom is -0.0851 e. The summed E-state index contributed by atoms with van der Waals surface area (Å²) in [6.45, 7) is 2.19. The maximum absolute atomic E-state index is 2.47. The van der Waals surface area contributed by atoms with Gasteiger partial charge in [-0.3, -0.25) is 0 Å². The predicted molar refractivity (Wildman–Crippen MR) is 81.2 cm³/mol. The van der Waals surface area contributed by atoms with Gasteiger partial charge in [-0.25, -0.2) is 0 Å². The number of fused-ring (bicyclic) bond motifs is 3. The van der Waals surface area contributed by atoms with Crippen LogP contribution in [0.4, 0.5) is 0 Å². The highest BCUT2D eigenvalue weighted by atomic mass is 14.4. The van der Waals surface area contributed by atoms with Gasteiger partial charge in [0.25, 0.3) is 0 Å². The molecule has 0 aliphatic heterocycles. The summed E-state index contributed by atoms with van der Waals surface area (Å²) < 4.78 is 0. The highest BCUT2D eigenvalue weighted by Crippen LogP contribution is 2.45. The van der Waals surface area contributed by atoms with Crippen molar-refractivity contribution in [3.63, 3.8) is 0 Å². The van der Waals surface area contributed by atoms with Crippen LogP contribution in [0.2, 0.25) is 0 Å². The smallest absolute Gasteiger partial charge is 0.0149 e. The number of aryl methyl sites for hydroxylation is 1. The van der Waals surface area contributed by atoms with Crippen molar-refractivity contribution in [3.05, 3.63) is 59.7 Å². The Balaban J connectivity index is 1.71. The first-order valence-electron chi connectivity index (χ1n) is 7.46. The van der Waals surface area contributed by atoms with Crippen LogP contribution in [0.25, 0.3) is 10.8 Å². The van der Waals surface area contributed by atoms with E-state index in [1.807, 2.05) is 0 Å². The largest absolute Gasteiger partial charge is 0.0851 e. The van der Waals surface area contributed by atoms with E-state index >= 15 is 0 Å². The molecule has 2 aromatic carbocycles. The molecule has 2 bridgehead atoms. The highest BCUT2D eigenvalue weighted by Gasteiger charge is 2.35. The van der Waals surface area contributed by atoms with Crippen LogP contribution in [0.1, 0.15) is 24.0 Å². The Kier molecular flexibility index (Phi) is 2.51. The molecule has 1 saturated carbocycles. The summed E-state index contributed by atoms with van der Waals surface area (Å²) in [7, 11) is 0. The quantitative estimate of drug-likeness (QED) is 0.663. The van der Waals surface area contributed by atoms with Gasteiger partial charge in [0.2, 0.25) is 0 Å². The zero-order chi connectivity index (χ0) is 12.8. The zero-order valence-corrected chi connectivity index (χ0v) is 11.5. The van der Waals surface area contributed by atoms with Crippen molar-refractivity contribution < 1.29 is 0 Å². The van der Waals surface area contributed by atoms with Crippen LogP contribution in [-0.4, -0.2) is 0 Å². The normalized spacial score (nSPS) is 28.4. The first-order chi connectivity index (χ1) is 9.29. The standard InChI is InChI=1S/C19H20/c1-13-5-7-15-3-2-4-17(19(15)9-13)12-18-11-14-6-8-16(18)10-14/h2-9,14,16,18H,10-12H2,1H3. The summed E-state index contributed by atoms with van der Waals surface area (Å²) in [6, 6.07) is 13.6. The van der Waals surface area contributed by atoms with Gasteiger partial charge in [0.1, 0.15) is 0 Å². The molecule has 0 saturated heterocycles. The van der Waals surface area contributed by atoms with E-state index in [0.717, 1.165) is 17.8 Å². The molecule has 0 amide bonds. The fourth-order valence-corrected chi connectivity index (χ4v) is 4.04.